The first-order chi connectivity index (χ1) is 17.1. The minimum absolute atomic E-state index is 0. The zero-order chi connectivity index (χ0) is 25.8. The number of para-hydroxylation sites is 1. The van der Waals surface area contributed by atoms with E-state index >= 15 is 0 Å². The number of benzene rings is 2. The van der Waals surface area contributed by atoms with Gasteiger partial charge in [0, 0.05) is 10.4 Å². The molecule has 2 N–H and O–H groups in total. The van der Waals surface area contributed by atoms with Gasteiger partial charge >= 0.3 is 41.5 Å². The average molecular weight is 535 g/mol. The summed E-state index contributed by atoms with van der Waals surface area (Å²) in [5, 5.41) is 17.9. The maximum atomic E-state index is 12.8. The van der Waals surface area contributed by atoms with E-state index in [1.165, 1.54) is 45.5 Å². The predicted molar refractivity (Wildman–Crippen MR) is 139 cm³/mol. The summed E-state index contributed by atoms with van der Waals surface area (Å²) >= 11 is 1.31. The second-order valence-corrected chi connectivity index (χ2v) is 11.5. The Morgan fingerprint density at radius 3 is 2.41 bits per heavy atom. The van der Waals surface area contributed by atoms with Crippen molar-refractivity contribution >= 4 is 70.8 Å². The van der Waals surface area contributed by atoms with Gasteiger partial charge in [0.2, 0.25) is 5.91 Å². The van der Waals surface area contributed by atoms with Gasteiger partial charge < -0.3 is 19.8 Å². The van der Waals surface area contributed by atoms with Crippen molar-refractivity contribution in [2.24, 2.45) is 0 Å². The number of carboxylic acid groups (broad SMARTS) is 2. The Hall–Kier alpha value is -2.53. The number of thioether (sulfide) groups is 1. The number of anilines is 1. The quantitative estimate of drug-likeness (QED) is 0.341. The average Bonchev–Trinajstić information content (AvgIpc) is 3.27. The normalized spacial score (nSPS) is 25.0. The van der Waals surface area contributed by atoms with Crippen LogP contribution in [0, 0.1) is 0 Å². The van der Waals surface area contributed by atoms with Gasteiger partial charge in [0.05, 0.1) is 0 Å². The molecular formula is C26H27N2NaO7S. The molecule has 9 nitrogen and oxygen atoms in total. The summed E-state index contributed by atoms with van der Waals surface area (Å²) in [4.78, 5) is 50.4. The number of amides is 2. The third-order valence-electron chi connectivity index (χ3n) is 6.95. The molecule has 2 aromatic carbocycles. The predicted octanol–water partition coefficient (Wildman–Crippen LogP) is 2.43. The number of β-lactam (4-membered cyclic amide) rings is 1. The van der Waals surface area contributed by atoms with Crippen molar-refractivity contribution in [1.82, 2.24) is 4.90 Å². The number of nitrogens with zero attached hydrogens (tertiary/aromatic N) is 2. The Morgan fingerprint density at radius 1 is 1.14 bits per heavy atom. The van der Waals surface area contributed by atoms with Gasteiger partial charge in [-0.15, -0.1) is 11.8 Å². The third-order valence-corrected chi connectivity index (χ3v) is 8.50. The Labute approximate surface area is 240 Å². The molecule has 0 radical (unpaired) electrons. The molecule has 2 amide bonds. The van der Waals surface area contributed by atoms with Gasteiger partial charge in [0.15, 0.2) is 0 Å². The minimum atomic E-state index is -1.29. The van der Waals surface area contributed by atoms with Gasteiger partial charge in [-0.25, -0.2) is 4.79 Å². The number of rotatable bonds is 5. The van der Waals surface area contributed by atoms with Crippen LogP contribution in [0.5, 0.6) is 5.75 Å². The molecule has 4 heterocycles. The summed E-state index contributed by atoms with van der Waals surface area (Å²) in [5.74, 6) is -2.52. The van der Waals surface area contributed by atoms with E-state index in [2.05, 4.69) is 18.2 Å². The summed E-state index contributed by atoms with van der Waals surface area (Å²) in [6, 6.07) is 12.9. The van der Waals surface area contributed by atoms with Gasteiger partial charge in [-0.2, -0.15) is 0 Å². The van der Waals surface area contributed by atoms with Gasteiger partial charge in [-0.05, 0) is 62.1 Å². The van der Waals surface area contributed by atoms with Crippen molar-refractivity contribution in [2.45, 2.75) is 61.4 Å². The SMILES string of the molecule is CC1(C)S[C@@H]2C(N(C(=O)CC(=O)O)c3ccccc3)C(=O)N2C1C(=O)O.[NaH].c1cc2c3cc1OC2CC3. The van der Waals surface area contributed by atoms with Crippen molar-refractivity contribution in [2.75, 3.05) is 4.90 Å². The van der Waals surface area contributed by atoms with Crippen molar-refractivity contribution in [3.63, 3.8) is 0 Å². The van der Waals surface area contributed by atoms with Crippen molar-refractivity contribution in [3.8, 4) is 5.75 Å². The monoisotopic (exact) mass is 534 g/mol. The van der Waals surface area contributed by atoms with E-state index in [9.17, 15) is 24.3 Å². The van der Waals surface area contributed by atoms with E-state index in [0.29, 0.717) is 11.8 Å². The first kappa shape index (κ1) is 27.5. The van der Waals surface area contributed by atoms with E-state index < -0.39 is 52.4 Å². The number of ether oxygens (including phenoxy) is 1. The largest absolute Gasteiger partial charge is 0.486 e. The van der Waals surface area contributed by atoms with Crippen LogP contribution >= 0.6 is 11.8 Å². The molecule has 4 bridgehead atoms. The van der Waals surface area contributed by atoms with Crippen LogP contribution in [-0.2, 0) is 25.6 Å². The Bertz CT molecular complexity index is 1250. The molecule has 0 saturated carbocycles. The van der Waals surface area contributed by atoms with Crippen LogP contribution in [0.2, 0.25) is 0 Å². The molecule has 0 spiro atoms. The number of hydrogen-bond acceptors (Lipinski definition) is 6. The standard InChI is InChI=1S/C17H18N2O6S.C9H8O.Na.H/c1-17(2)13(16(24)25)19-14(23)12(15(19)26-17)18(10(20)8-11(21)22)9-6-4-3-5-7-9;1-4-9-8-3-2-7(10-9)5-6(1)8;;/h3-7,12-13,15H,8H2,1-2H3,(H,21,22)(H,24,25);2-3,5,9H,1,4H2;;/t12?,13?,15-;;;/m1.../s1. The number of carboxylic acids is 2. The fourth-order valence-corrected chi connectivity index (χ4v) is 7.08. The van der Waals surface area contributed by atoms with Gasteiger partial charge in [0.25, 0.3) is 5.91 Å². The zero-order valence-electron chi connectivity index (χ0n) is 19.8. The first-order valence-electron chi connectivity index (χ1n) is 11.7. The first-order valence-corrected chi connectivity index (χ1v) is 12.6. The summed E-state index contributed by atoms with van der Waals surface area (Å²) in [7, 11) is 0. The molecule has 37 heavy (non-hydrogen) atoms. The number of aliphatic carboxylic acids is 2. The van der Waals surface area contributed by atoms with E-state index in [0.717, 1.165) is 5.75 Å². The van der Waals surface area contributed by atoms with Crippen LogP contribution in [0.15, 0.2) is 48.5 Å². The van der Waals surface area contributed by atoms with Crippen molar-refractivity contribution in [1.29, 1.82) is 0 Å². The maximum absolute atomic E-state index is 12.8. The Morgan fingerprint density at radius 2 is 1.84 bits per heavy atom. The van der Waals surface area contributed by atoms with Gasteiger partial charge in [0.1, 0.15) is 35.7 Å². The molecule has 4 aliphatic heterocycles. The summed E-state index contributed by atoms with van der Waals surface area (Å²) in [5.41, 5.74) is 3.35. The molecule has 2 fully saturated rings. The van der Waals surface area contributed by atoms with Gasteiger partial charge in [-0.3, -0.25) is 19.3 Å². The molecule has 11 heteroatoms. The molecule has 4 atom stereocenters. The second-order valence-electron chi connectivity index (χ2n) is 9.72. The fraction of sp³-hybridized carbons (Fsp3) is 0.385. The maximum Gasteiger partial charge on any atom is 0.124 e. The topological polar surface area (TPSA) is 124 Å². The van der Waals surface area contributed by atoms with Crippen LogP contribution in [0.3, 0.4) is 0 Å². The molecule has 190 valence electrons. The smallest absolute Gasteiger partial charge is 0.124 e. The summed E-state index contributed by atoms with van der Waals surface area (Å²) < 4.78 is 4.87. The number of aryl methyl sites for hydroxylation is 1. The third kappa shape index (κ3) is 4.87. The molecule has 5 aliphatic rings. The van der Waals surface area contributed by atoms with E-state index in [4.69, 9.17) is 9.84 Å². The van der Waals surface area contributed by atoms with Crippen LogP contribution < -0.4 is 9.64 Å². The number of fused-ring (bicyclic) bond motifs is 2. The fourth-order valence-electron chi connectivity index (χ4n) is 5.41. The molecular weight excluding hydrogens is 507 g/mol. The van der Waals surface area contributed by atoms with E-state index in [-0.39, 0.29) is 29.6 Å². The molecule has 3 unspecified atom stereocenters. The van der Waals surface area contributed by atoms with Crippen LogP contribution in [-0.4, -0.2) is 90.6 Å². The molecule has 0 aromatic heterocycles. The zero-order valence-corrected chi connectivity index (χ0v) is 20.6. The molecule has 1 aliphatic carbocycles. The van der Waals surface area contributed by atoms with Crippen LogP contribution in [0.25, 0.3) is 0 Å². The van der Waals surface area contributed by atoms with Crippen LogP contribution in [0.1, 0.15) is 43.9 Å². The number of hydrogen-bond donors (Lipinski definition) is 2. The van der Waals surface area contributed by atoms with E-state index in [1.54, 1.807) is 44.2 Å². The summed E-state index contributed by atoms with van der Waals surface area (Å²) in [6.07, 6.45) is 2.07. The summed E-state index contributed by atoms with van der Waals surface area (Å²) in [6.45, 7) is 3.48. The van der Waals surface area contributed by atoms with Crippen molar-refractivity contribution in [3.05, 3.63) is 59.7 Å². The Balaban J connectivity index is 0.000000239. The second kappa shape index (κ2) is 10.3. The number of carbonyl (C=O) groups excluding carboxylic acids is 2. The molecule has 7 rings (SSSR count). The Kier molecular flexibility index (Phi) is 7.67. The minimum Gasteiger partial charge on any atom is -0.486 e. The van der Waals surface area contributed by atoms with E-state index in [1.807, 2.05) is 0 Å². The van der Waals surface area contributed by atoms with Gasteiger partial charge in [-0.1, -0.05) is 24.3 Å². The molecule has 2 aromatic rings. The van der Waals surface area contributed by atoms with Crippen LogP contribution in [0.4, 0.5) is 5.69 Å². The van der Waals surface area contributed by atoms with Crippen molar-refractivity contribution < 1.29 is 34.1 Å². The number of carbonyl (C=O) groups is 4. The molecule has 2 saturated heterocycles.